The summed E-state index contributed by atoms with van der Waals surface area (Å²) in [5, 5.41) is 4.72. The maximum atomic E-state index is 6.14. The molecule has 1 heterocycles. The van der Waals surface area contributed by atoms with E-state index in [1.54, 1.807) is 6.20 Å². The molecule has 0 aliphatic carbocycles. The first-order chi connectivity index (χ1) is 8.79. The van der Waals surface area contributed by atoms with Crippen LogP contribution in [0.5, 0.6) is 5.75 Å². The van der Waals surface area contributed by atoms with Crippen LogP contribution in [-0.2, 0) is 13.0 Å². The van der Waals surface area contributed by atoms with Crippen LogP contribution >= 0.6 is 11.6 Å². The SMILES string of the molecule is NCCc1ccc(OCCn2cccn2)c(Cl)c1. The van der Waals surface area contributed by atoms with E-state index in [0.29, 0.717) is 30.5 Å². The predicted octanol–water partition coefficient (Wildman–Crippen LogP) is 2.12. The Labute approximate surface area is 111 Å². The molecule has 0 aliphatic heterocycles. The number of benzene rings is 1. The van der Waals surface area contributed by atoms with E-state index in [9.17, 15) is 0 Å². The Kier molecular flexibility index (Phi) is 4.61. The number of hydrogen-bond donors (Lipinski definition) is 1. The summed E-state index contributed by atoms with van der Waals surface area (Å²) in [5.41, 5.74) is 6.63. The number of nitrogens with two attached hydrogens (primary N) is 1. The molecule has 0 bridgehead atoms. The van der Waals surface area contributed by atoms with E-state index < -0.39 is 0 Å². The normalized spacial score (nSPS) is 10.6. The van der Waals surface area contributed by atoms with Crippen LogP contribution in [0.4, 0.5) is 0 Å². The molecule has 5 heteroatoms. The Morgan fingerprint density at radius 3 is 2.94 bits per heavy atom. The van der Waals surface area contributed by atoms with Crippen molar-refractivity contribution in [3.05, 3.63) is 47.2 Å². The number of ether oxygens (including phenoxy) is 1. The molecule has 0 atom stereocenters. The molecule has 4 nitrogen and oxygen atoms in total. The molecule has 0 amide bonds. The average Bonchev–Trinajstić information content (AvgIpc) is 2.85. The minimum absolute atomic E-state index is 0.539. The fourth-order valence-corrected chi connectivity index (χ4v) is 1.92. The summed E-state index contributed by atoms with van der Waals surface area (Å²) in [4.78, 5) is 0. The quantitative estimate of drug-likeness (QED) is 0.870. The first-order valence-electron chi connectivity index (χ1n) is 5.88. The van der Waals surface area contributed by atoms with Gasteiger partial charge >= 0.3 is 0 Å². The molecule has 2 N–H and O–H groups in total. The fourth-order valence-electron chi connectivity index (χ4n) is 1.67. The number of halogens is 1. The third-order valence-corrected chi connectivity index (χ3v) is 2.86. The lowest BCUT2D eigenvalue weighted by atomic mass is 10.1. The Balaban J connectivity index is 1.89. The molecule has 0 saturated heterocycles. The minimum atomic E-state index is 0.539. The number of rotatable bonds is 6. The second-order valence-corrected chi connectivity index (χ2v) is 4.33. The van der Waals surface area contributed by atoms with Crippen molar-refractivity contribution in [2.45, 2.75) is 13.0 Å². The summed E-state index contributed by atoms with van der Waals surface area (Å²) in [6.07, 6.45) is 4.47. The smallest absolute Gasteiger partial charge is 0.137 e. The Hall–Kier alpha value is -1.52. The second kappa shape index (κ2) is 6.42. The van der Waals surface area contributed by atoms with E-state index in [1.807, 2.05) is 35.1 Å². The Morgan fingerprint density at radius 1 is 1.39 bits per heavy atom. The zero-order chi connectivity index (χ0) is 12.8. The average molecular weight is 266 g/mol. The summed E-state index contributed by atoms with van der Waals surface area (Å²) in [6, 6.07) is 7.66. The van der Waals surface area contributed by atoms with Crippen LogP contribution in [0.3, 0.4) is 0 Å². The van der Waals surface area contributed by atoms with E-state index in [1.165, 1.54) is 0 Å². The number of hydrogen-bond acceptors (Lipinski definition) is 3. The van der Waals surface area contributed by atoms with Gasteiger partial charge in [-0.2, -0.15) is 5.10 Å². The van der Waals surface area contributed by atoms with E-state index >= 15 is 0 Å². The van der Waals surface area contributed by atoms with Crippen molar-refractivity contribution in [3.63, 3.8) is 0 Å². The van der Waals surface area contributed by atoms with E-state index in [4.69, 9.17) is 22.1 Å². The summed E-state index contributed by atoms with van der Waals surface area (Å²) in [6.45, 7) is 1.86. The summed E-state index contributed by atoms with van der Waals surface area (Å²) in [7, 11) is 0. The summed E-state index contributed by atoms with van der Waals surface area (Å²) < 4.78 is 7.44. The van der Waals surface area contributed by atoms with Gasteiger partial charge in [0.25, 0.3) is 0 Å². The van der Waals surface area contributed by atoms with Crippen molar-refractivity contribution in [2.75, 3.05) is 13.2 Å². The van der Waals surface area contributed by atoms with Gasteiger partial charge in [-0.1, -0.05) is 17.7 Å². The summed E-state index contributed by atoms with van der Waals surface area (Å²) >= 11 is 6.14. The molecule has 1 aromatic heterocycles. The fraction of sp³-hybridized carbons (Fsp3) is 0.308. The Morgan fingerprint density at radius 2 is 2.28 bits per heavy atom. The third kappa shape index (κ3) is 3.48. The van der Waals surface area contributed by atoms with Crippen LogP contribution in [0.2, 0.25) is 5.02 Å². The first kappa shape index (κ1) is 12.9. The zero-order valence-electron chi connectivity index (χ0n) is 10.1. The molecule has 1 aromatic carbocycles. The van der Waals surface area contributed by atoms with Gasteiger partial charge in [0.1, 0.15) is 12.4 Å². The molecule has 0 spiro atoms. The zero-order valence-corrected chi connectivity index (χ0v) is 10.8. The molecule has 18 heavy (non-hydrogen) atoms. The van der Waals surface area contributed by atoms with Crippen LogP contribution in [0, 0.1) is 0 Å². The lowest BCUT2D eigenvalue weighted by Gasteiger charge is -2.09. The topological polar surface area (TPSA) is 53.1 Å². The van der Waals surface area contributed by atoms with Gasteiger partial charge in [-0.3, -0.25) is 4.68 Å². The molecule has 2 aromatic rings. The molecular formula is C13H16ClN3O. The monoisotopic (exact) mass is 265 g/mol. The Bertz CT molecular complexity index is 485. The molecule has 0 aliphatic rings. The van der Waals surface area contributed by atoms with Gasteiger partial charge < -0.3 is 10.5 Å². The van der Waals surface area contributed by atoms with Crippen LogP contribution in [0.1, 0.15) is 5.56 Å². The molecule has 96 valence electrons. The highest BCUT2D eigenvalue weighted by molar-refractivity contribution is 6.32. The van der Waals surface area contributed by atoms with Gasteiger partial charge in [-0.05, 0) is 36.7 Å². The largest absolute Gasteiger partial charge is 0.490 e. The van der Waals surface area contributed by atoms with Gasteiger partial charge in [0, 0.05) is 12.4 Å². The number of aromatic nitrogens is 2. The van der Waals surface area contributed by atoms with Crippen molar-refractivity contribution in [1.29, 1.82) is 0 Å². The summed E-state index contributed by atoms with van der Waals surface area (Å²) in [5.74, 6) is 0.699. The first-order valence-corrected chi connectivity index (χ1v) is 6.26. The van der Waals surface area contributed by atoms with E-state index in [0.717, 1.165) is 12.0 Å². The highest BCUT2D eigenvalue weighted by atomic mass is 35.5. The molecule has 0 fully saturated rings. The molecule has 0 saturated carbocycles. The highest BCUT2D eigenvalue weighted by Gasteiger charge is 2.03. The third-order valence-electron chi connectivity index (χ3n) is 2.57. The van der Waals surface area contributed by atoms with Gasteiger partial charge in [-0.15, -0.1) is 0 Å². The van der Waals surface area contributed by atoms with Crippen molar-refractivity contribution in [3.8, 4) is 5.75 Å². The van der Waals surface area contributed by atoms with Gasteiger partial charge in [0.05, 0.1) is 11.6 Å². The second-order valence-electron chi connectivity index (χ2n) is 3.92. The van der Waals surface area contributed by atoms with Crippen molar-refractivity contribution < 1.29 is 4.74 Å². The van der Waals surface area contributed by atoms with Crippen LogP contribution in [0.15, 0.2) is 36.7 Å². The van der Waals surface area contributed by atoms with Gasteiger partial charge in [0.2, 0.25) is 0 Å². The van der Waals surface area contributed by atoms with Crippen molar-refractivity contribution in [2.24, 2.45) is 5.73 Å². The van der Waals surface area contributed by atoms with Gasteiger partial charge in [-0.25, -0.2) is 0 Å². The lowest BCUT2D eigenvalue weighted by molar-refractivity contribution is 0.291. The van der Waals surface area contributed by atoms with Crippen LogP contribution < -0.4 is 10.5 Å². The molecular weight excluding hydrogens is 250 g/mol. The van der Waals surface area contributed by atoms with E-state index in [-0.39, 0.29) is 0 Å². The van der Waals surface area contributed by atoms with Gasteiger partial charge in [0.15, 0.2) is 0 Å². The molecule has 0 radical (unpaired) electrons. The van der Waals surface area contributed by atoms with Crippen LogP contribution in [0.25, 0.3) is 0 Å². The highest BCUT2D eigenvalue weighted by Crippen LogP contribution is 2.25. The van der Waals surface area contributed by atoms with E-state index in [2.05, 4.69) is 5.10 Å². The maximum Gasteiger partial charge on any atom is 0.137 e. The van der Waals surface area contributed by atoms with Crippen LogP contribution in [-0.4, -0.2) is 22.9 Å². The maximum absolute atomic E-state index is 6.14. The van der Waals surface area contributed by atoms with Crippen molar-refractivity contribution >= 4 is 11.6 Å². The minimum Gasteiger partial charge on any atom is -0.490 e. The molecule has 2 rings (SSSR count). The predicted molar refractivity (Wildman–Crippen MR) is 71.9 cm³/mol. The van der Waals surface area contributed by atoms with Crippen molar-refractivity contribution in [1.82, 2.24) is 9.78 Å². The lowest BCUT2D eigenvalue weighted by Crippen LogP contribution is -2.08. The number of nitrogens with zero attached hydrogens (tertiary/aromatic N) is 2. The standard InChI is InChI=1S/C13H16ClN3O/c14-12-10-11(4-5-15)2-3-13(12)18-9-8-17-7-1-6-16-17/h1-3,6-7,10H,4-5,8-9,15H2. The molecule has 0 unspecified atom stereocenters.